The molecule has 0 aliphatic carbocycles. The van der Waals surface area contributed by atoms with E-state index in [9.17, 15) is 22.8 Å². The summed E-state index contributed by atoms with van der Waals surface area (Å²) in [7, 11) is -3.38. The summed E-state index contributed by atoms with van der Waals surface area (Å²) < 4.78 is 24.9. The second-order valence-electron chi connectivity index (χ2n) is 6.70. The normalized spacial score (nSPS) is 14.9. The Morgan fingerprint density at radius 1 is 0.966 bits per heavy atom. The molecule has 3 rings (SSSR count). The summed E-state index contributed by atoms with van der Waals surface area (Å²) in [6.45, 7) is 1.67. The van der Waals surface area contributed by atoms with Crippen LogP contribution in [-0.2, 0) is 10.0 Å². The fourth-order valence-electron chi connectivity index (χ4n) is 3.03. The van der Waals surface area contributed by atoms with E-state index in [1.165, 1.54) is 24.3 Å². The minimum absolute atomic E-state index is 0.151. The average Bonchev–Trinajstić information content (AvgIpc) is 2.93. The topological polar surface area (TPSA) is 133 Å². The van der Waals surface area contributed by atoms with Crippen LogP contribution in [-0.4, -0.2) is 72.7 Å². The molecule has 2 N–H and O–H groups in total. The van der Waals surface area contributed by atoms with Gasteiger partial charge in [-0.05, 0) is 36.8 Å². The van der Waals surface area contributed by atoms with Gasteiger partial charge in [-0.15, -0.1) is 0 Å². The summed E-state index contributed by atoms with van der Waals surface area (Å²) in [5, 5.41) is 6.00. The molecule has 1 aliphatic rings. The van der Waals surface area contributed by atoms with Gasteiger partial charge in [0, 0.05) is 43.5 Å². The summed E-state index contributed by atoms with van der Waals surface area (Å²) in [4.78, 5) is 39.7. The van der Waals surface area contributed by atoms with Crippen LogP contribution in [0.25, 0.3) is 0 Å². The van der Waals surface area contributed by atoms with E-state index in [0.29, 0.717) is 43.9 Å². The van der Waals surface area contributed by atoms with Crippen LogP contribution >= 0.6 is 0 Å². The predicted octanol–water partition coefficient (Wildman–Crippen LogP) is 0.130. The van der Waals surface area contributed by atoms with Crippen molar-refractivity contribution in [3.63, 3.8) is 0 Å². The Balaban J connectivity index is 1.64. The van der Waals surface area contributed by atoms with E-state index >= 15 is 0 Å². The van der Waals surface area contributed by atoms with Crippen molar-refractivity contribution in [2.24, 2.45) is 0 Å². The lowest BCUT2D eigenvalue weighted by molar-refractivity contribution is 0.0715. The Morgan fingerprint density at radius 3 is 2.14 bits per heavy atom. The number of hydrogen-bond donors (Lipinski definition) is 2. The molecule has 1 aromatic heterocycles. The molecule has 0 atom stereocenters. The molecule has 0 unspecified atom stereocenters. The third-order valence-corrected chi connectivity index (χ3v) is 5.01. The lowest BCUT2D eigenvalue weighted by atomic mass is 10.2. The number of anilines is 1. The second-order valence-corrected chi connectivity index (χ2v) is 8.44. The molecular formula is C18H21N5O5S. The zero-order valence-electron chi connectivity index (χ0n) is 15.8. The van der Waals surface area contributed by atoms with Crippen molar-refractivity contribution in [3.05, 3.63) is 58.0 Å². The minimum atomic E-state index is -3.38. The molecule has 1 aliphatic heterocycles. The number of rotatable bonds is 4. The van der Waals surface area contributed by atoms with E-state index in [0.717, 1.165) is 6.26 Å². The summed E-state index contributed by atoms with van der Waals surface area (Å²) in [5.41, 5.74) is 0.585. The lowest BCUT2D eigenvalue weighted by Gasteiger charge is -2.22. The maximum atomic E-state index is 12.8. The van der Waals surface area contributed by atoms with Gasteiger partial charge in [0.05, 0.1) is 6.26 Å². The molecule has 11 heteroatoms. The van der Waals surface area contributed by atoms with Crippen molar-refractivity contribution in [3.8, 4) is 0 Å². The molecule has 2 aromatic rings. The highest BCUT2D eigenvalue weighted by molar-refractivity contribution is 7.92. The highest BCUT2D eigenvalue weighted by Crippen LogP contribution is 2.15. The maximum Gasteiger partial charge on any atom is 0.274 e. The van der Waals surface area contributed by atoms with Gasteiger partial charge in [0.1, 0.15) is 5.69 Å². The molecule has 0 spiro atoms. The van der Waals surface area contributed by atoms with Crippen molar-refractivity contribution in [2.45, 2.75) is 6.42 Å². The molecule has 0 bridgehead atoms. The van der Waals surface area contributed by atoms with Crippen LogP contribution in [0.3, 0.4) is 0 Å². The van der Waals surface area contributed by atoms with Crippen LogP contribution in [0.4, 0.5) is 5.69 Å². The number of nitrogens with zero attached hydrogens (tertiary/aromatic N) is 3. The standard InChI is InChI=1S/C18H21N5O5S/c1-29(27,28)21-14-5-3-13(4-6-14)17(25)22-9-2-10-23(12-11-22)18(26)15-7-8-16(24)20-19-15/h3-8,21H,2,9-12H2,1H3,(H,20,24). The highest BCUT2D eigenvalue weighted by Gasteiger charge is 2.24. The van der Waals surface area contributed by atoms with Gasteiger partial charge < -0.3 is 9.80 Å². The summed E-state index contributed by atoms with van der Waals surface area (Å²) >= 11 is 0. The molecule has 1 fully saturated rings. The molecule has 2 heterocycles. The number of benzene rings is 1. The van der Waals surface area contributed by atoms with E-state index in [1.54, 1.807) is 21.9 Å². The summed E-state index contributed by atoms with van der Waals surface area (Å²) in [5.74, 6) is -0.487. The second kappa shape index (κ2) is 8.43. The Labute approximate surface area is 167 Å². The Bertz CT molecular complexity index is 1040. The zero-order chi connectivity index (χ0) is 21.0. The molecule has 10 nitrogen and oxygen atoms in total. The Hall–Kier alpha value is -3.21. The molecule has 29 heavy (non-hydrogen) atoms. The molecule has 0 radical (unpaired) electrons. The number of carbonyl (C=O) groups is 2. The van der Waals surface area contributed by atoms with Crippen molar-refractivity contribution < 1.29 is 18.0 Å². The first-order chi connectivity index (χ1) is 13.7. The van der Waals surface area contributed by atoms with Crippen LogP contribution in [0.1, 0.15) is 27.3 Å². The molecule has 1 aromatic carbocycles. The third-order valence-electron chi connectivity index (χ3n) is 4.40. The van der Waals surface area contributed by atoms with Gasteiger partial charge in [-0.25, -0.2) is 13.5 Å². The smallest absolute Gasteiger partial charge is 0.274 e. The van der Waals surface area contributed by atoms with Crippen LogP contribution < -0.4 is 10.3 Å². The Kier molecular flexibility index (Phi) is 5.97. The number of aromatic amines is 1. The molecule has 1 saturated heterocycles. The van der Waals surface area contributed by atoms with E-state index < -0.39 is 10.0 Å². The first-order valence-corrected chi connectivity index (χ1v) is 10.8. The first kappa shape index (κ1) is 20.5. The largest absolute Gasteiger partial charge is 0.337 e. The average molecular weight is 419 g/mol. The van der Waals surface area contributed by atoms with Crippen LogP contribution in [0.2, 0.25) is 0 Å². The van der Waals surface area contributed by atoms with Crippen molar-refractivity contribution >= 4 is 27.5 Å². The van der Waals surface area contributed by atoms with Gasteiger partial charge in [-0.1, -0.05) is 0 Å². The van der Waals surface area contributed by atoms with Crippen molar-refractivity contribution in [2.75, 3.05) is 37.2 Å². The highest BCUT2D eigenvalue weighted by atomic mass is 32.2. The lowest BCUT2D eigenvalue weighted by Crippen LogP contribution is -2.37. The van der Waals surface area contributed by atoms with E-state index in [2.05, 4.69) is 14.9 Å². The fourth-order valence-corrected chi connectivity index (χ4v) is 3.59. The van der Waals surface area contributed by atoms with Crippen LogP contribution in [0.5, 0.6) is 0 Å². The number of carbonyl (C=O) groups excluding carboxylic acids is 2. The molecule has 0 saturated carbocycles. The number of H-pyrrole nitrogens is 1. The van der Waals surface area contributed by atoms with Gasteiger partial charge in [-0.3, -0.25) is 19.1 Å². The van der Waals surface area contributed by atoms with E-state index in [4.69, 9.17) is 0 Å². The van der Waals surface area contributed by atoms with Gasteiger partial charge in [0.2, 0.25) is 10.0 Å². The molecule has 154 valence electrons. The molecular weight excluding hydrogens is 398 g/mol. The quantitative estimate of drug-likeness (QED) is 0.724. The predicted molar refractivity (Wildman–Crippen MR) is 106 cm³/mol. The number of aromatic nitrogens is 2. The Morgan fingerprint density at radius 2 is 1.59 bits per heavy atom. The SMILES string of the molecule is CS(=O)(=O)Nc1ccc(C(=O)N2CCCN(C(=O)c3ccc(=O)[nH]n3)CC2)cc1. The summed E-state index contributed by atoms with van der Waals surface area (Å²) in [6, 6.07) is 8.81. The third kappa shape index (κ3) is 5.41. The van der Waals surface area contributed by atoms with Crippen molar-refractivity contribution in [1.82, 2.24) is 20.0 Å². The molecule has 2 amide bonds. The van der Waals surface area contributed by atoms with Gasteiger partial charge in [0.15, 0.2) is 0 Å². The van der Waals surface area contributed by atoms with Crippen LogP contribution in [0, 0.1) is 0 Å². The van der Waals surface area contributed by atoms with Gasteiger partial charge in [-0.2, -0.15) is 5.10 Å². The van der Waals surface area contributed by atoms with Crippen LogP contribution in [0.15, 0.2) is 41.2 Å². The first-order valence-electron chi connectivity index (χ1n) is 8.95. The number of nitrogens with one attached hydrogen (secondary N) is 2. The van der Waals surface area contributed by atoms with Gasteiger partial charge in [0.25, 0.3) is 17.4 Å². The van der Waals surface area contributed by atoms with Gasteiger partial charge >= 0.3 is 0 Å². The van der Waals surface area contributed by atoms with Crippen molar-refractivity contribution in [1.29, 1.82) is 0 Å². The van der Waals surface area contributed by atoms with E-state index in [1.807, 2.05) is 0 Å². The summed E-state index contributed by atoms with van der Waals surface area (Å²) in [6.07, 6.45) is 1.66. The fraction of sp³-hybridized carbons (Fsp3) is 0.333. The monoisotopic (exact) mass is 419 g/mol. The number of sulfonamides is 1. The van der Waals surface area contributed by atoms with E-state index in [-0.39, 0.29) is 23.1 Å². The zero-order valence-corrected chi connectivity index (χ0v) is 16.6. The minimum Gasteiger partial charge on any atom is -0.337 e. The maximum absolute atomic E-state index is 12.8. The number of amides is 2. The number of hydrogen-bond acceptors (Lipinski definition) is 6.